The molecule has 8 heteroatoms. The number of carbonyl (C=O) groups is 4. The minimum absolute atomic E-state index is 0.175. The van der Waals surface area contributed by atoms with Crippen molar-refractivity contribution in [2.75, 3.05) is 13.2 Å². The highest BCUT2D eigenvalue weighted by Crippen LogP contribution is 2.28. The predicted molar refractivity (Wildman–Crippen MR) is 175 cm³/mol. The molecule has 0 saturated heterocycles. The molecule has 0 heterocycles. The van der Waals surface area contributed by atoms with Crippen molar-refractivity contribution in [2.24, 2.45) is 0 Å². The third-order valence-electron chi connectivity index (χ3n) is 7.53. The van der Waals surface area contributed by atoms with Crippen LogP contribution in [0.1, 0.15) is 87.0 Å². The maximum Gasteiger partial charge on any atom is 0.210 e. The van der Waals surface area contributed by atoms with E-state index in [0.717, 1.165) is 29.6 Å². The van der Waals surface area contributed by atoms with Crippen LogP contribution in [0.3, 0.4) is 0 Å². The molecule has 1 atom stereocenters. The Morgan fingerprint density at radius 1 is 0.932 bits per heavy atom. The van der Waals surface area contributed by atoms with Gasteiger partial charge in [0.2, 0.25) is 17.3 Å². The van der Waals surface area contributed by atoms with Gasteiger partial charge in [-0.1, -0.05) is 59.7 Å². The van der Waals surface area contributed by atoms with E-state index >= 15 is 0 Å². The molecule has 4 rings (SSSR count). The molecule has 3 N–H and O–H groups in total. The second-order valence-corrected chi connectivity index (χ2v) is 11.7. The van der Waals surface area contributed by atoms with E-state index in [2.05, 4.69) is 44.5 Å². The Balaban J connectivity index is 1.32. The van der Waals surface area contributed by atoms with Gasteiger partial charge in [0.15, 0.2) is 5.78 Å². The minimum Gasteiger partial charge on any atom is -0.394 e. The van der Waals surface area contributed by atoms with Gasteiger partial charge in [-0.3, -0.25) is 19.2 Å². The molecule has 1 unspecified atom stereocenters. The Morgan fingerprint density at radius 3 is 2.36 bits per heavy atom. The summed E-state index contributed by atoms with van der Waals surface area (Å²) < 4.78 is 0.249. The van der Waals surface area contributed by atoms with E-state index in [1.165, 1.54) is 6.08 Å². The van der Waals surface area contributed by atoms with Gasteiger partial charge in [-0.05, 0) is 67.6 Å². The van der Waals surface area contributed by atoms with Crippen molar-refractivity contribution >= 4 is 39.1 Å². The average molecular weight is 656 g/mol. The van der Waals surface area contributed by atoms with Gasteiger partial charge in [-0.25, -0.2) is 0 Å². The summed E-state index contributed by atoms with van der Waals surface area (Å²) >= 11 is 3.30. The van der Waals surface area contributed by atoms with Gasteiger partial charge in [0.1, 0.15) is 5.70 Å². The zero-order valence-electron chi connectivity index (χ0n) is 25.1. The topological polar surface area (TPSA) is 113 Å². The summed E-state index contributed by atoms with van der Waals surface area (Å²) in [5.74, 6) is 4.73. The van der Waals surface area contributed by atoms with Gasteiger partial charge < -0.3 is 15.7 Å². The number of Topliss-reactive ketones (excluding diaryl/α,β-unsaturated/α-hetero) is 3. The molecule has 0 spiro atoms. The number of benzene rings is 2. The highest BCUT2D eigenvalue weighted by atomic mass is 79.9. The van der Waals surface area contributed by atoms with E-state index in [0.29, 0.717) is 41.6 Å². The monoisotopic (exact) mass is 654 g/mol. The fourth-order valence-electron chi connectivity index (χ4n) is 5.11. The Labute approximate surface area is 266 Å². The predicted octanol–water partition coefficient (Wildman–Crippen LogP) is 5.80. The number of hydrogen-bond acceptors (Lipinski definition) is 7. The summed E-state index contributed by atoms with van der Waals surface area (Å²) in [4.78, 5) is 51.4. The van der Waals surface area contributed by atoms with Crippen molar-refractivity contribution in [3.8, 4) is 11.8 Å². The molecule has 0 aliphatic heterocycles. The first kappa shape index (κ1) is 32.6. The normalized spacial score (nSPS) is 15.7. The maximum atomic E-state index is 13.2. The van der Waals surface area contributed by atoms with Gasteiger partial charge in [0.25, 0.3) is 0 Å². The smallest absolute Gasteiger partial charge is 0.210 e. The number of carbonyl (C=O) groups excluding carboxylic acids is 4. The highest BCUT2D eigenvalue weighted by Gasteiger charge is 2.30. The molecular formula is C36H35BrN2O5. The first-order valence-electron chi connectivity index (χ1n) is 14.5. The number of nitrogens with one attached hydrogen (secondary N) is 2. The Kier molecular flexibility index (Phi) is 11.0. The van der Waals surface area contributed by atoms with Gasteiger partial charge in [-0.15, -0.1) is 11.8 Å². The molecule has 0 saturated carbocycles. The number of ketones is 4. The molecule has 0 fully saturated rings. The van der Waals surface area contributed by atoms with Gasteiger partial charge in [-0.2, -0.15) is 0 Å². The van der Waals surface area contributed by atoms with Gasteiger partial charge in [0.05, 0.1) is 22.8 Å². The number of aliphatic hydroxyl groups excluding tert-OH is 1. The molecule has 0 aromatic heterocycles. The lowest BCUT2D eigenvalue weighted by Gasteiger charge is -2.21. The summed E-state index contributed by atoms with van der Waals surface area (Å²) in [5.41, 5.74) is 5.20. The van der Waals surface area contributed by atoms with Crippen molar-refractivity contribution in [3.63, 3.8) is 0 Å². The second kappa shape index (κ2) is 14.9. The third kappa shape index (κ3) is 7.60. The van der Waals surface area contributed by atoms with Crippen molar-refractivity contribution < 1.29 is 24.3 Å². The van der Waals surface area contributed by atoms with Crippen LogP contribution in [0.15, 0.2) is 87.7 Å². The van der Waals surface area contributed by atoms with Crippen LogP contribution < -0.4 is 10.6 Å². The summed E-state index contributed by atoms with van der Waals surface area (Å²) in [6, 6.07) is 11.7. The van der Waals surface area contributed by atoms with Crippen LogP contribution in [-0.2, 0) is 6.42 Å². The Hall–Kier alpha value is -4.32. The van der Waals surface area contributed by atoms with Gasteiger partial charge >= 0.3 is 0 Å². The number of aliphatic hydroxyl groups is 1. The molecule has 0 bridgehead atoms. The first-order valence-corrected chi connectivity index (χ1v) is 15.3. The van der Waals surface area contributed by atoms with Crippen molar-refractivity contribution in [3.05, 3.63) is 116 Å². The standard InChI is InChI=1S/C36H35BrN2O5/c1-4-5-11-25(21-40)39-30-20-31(41)26-15-14-24(19-29(26)34(30)42)18-23(3)10-8-9-22(2)16-17-38-33-32(37)35(43)27-12-6-7-13-28(27)36(33)44/h6-7,10,12-16,19-20,25,38-40H,8-9,11,17-18,21H2,1-3H3/b22-16+,23-10+. The van der Waals surface area contributed by atoms with Crippen LogP contribution in [-0.4, -0.2) is 47.4 Å². The van der Waals surface area contributed by atoms with E-state index < -0.39 is 6.04 Å². The van der Waals surface area contributed by atoms with Crippen LogP contribution in [0, 0.1) is 11.8 Å². The molecule has 2 aromatic carbocycles. The molecule has 44 heavy (non-hydrogen) atoms. The summed E-state index contributed by atoms with van der Waals surface area (Å²) in [6.45, 7) is 5.98. The third-order valence-corrected chi connectivity index (χ3v) is 8.28. The number of rotatable bonds is 12. The van der Waals surface area contributed by atoms with E-state index in [4.69, 9.17) is 0 Å². The van der Waals surface area contributed by atoms with Crippen LogP contribution in [0.5, 0.6) is 0 Å². The molecular weight excluding hydrogens is 620 g/mol. The molecule has 0 amide bonds. The van der Waals surface area contributed by atoms with Crippen LogP contribution in [0.2, 0.25) is 0 Å². The van der Waals surface area contributed by atoms with E-state index in [-0.39, 0.29) is 45.6 Å². The summed E-state index contributed by atoms with van der Waals surface area (Å²) in [5, 5.41) is 15.7. The van der Waals surface area contributed by atoms with E-state index in [9.17, 15) is 24.3 Å². The average Bonchev–Trinajstić information content (AvgIpc) is 3.02. The number of allylic oxidation sites excluding steroid dienone is 7. The summed E-state index contributed by atoms with van der Waals surface area (Å²) in [7, 11) is 0. The largest absolute Gasteiger partial charge is 0.394 e. The van der Waals surface area contributed by atoms with Crippen LogP contribution in [0.25, 0.3) is 0 Å². The van der Waals surface area contributed by atoms with Crippen molar-refractivity contribution in [2.45, 2.75) is 52.5 Å². The SMILES string of the molecule is CC#CCC(CO)NC1=CC(=O)c2ccc(C/C(C)=C/CC/C(C)=C/CNC3=C(Br)C(=O)c4ccccc4C3=O)cc2C1=O. The Morgan fingerprint density at radius 2 is 1.66 bits per heavy atom. The van der Waals surface area contributed by atoms with Crippen molar-refractivity contribution in [1.82, 2.24) is 10.6 Å². The maximum absolute atomic E-state index is 13.2. The number of halogens is 1. The van der Waals surface area contributed by atoms with Crippen molar-refractivity contribution in [1.29, 1.82) is 0 Å². The van der Waals surface area contributed by atoms with Crippen LogP contribution >= 0.6 is 15.9 Å². The molecule has 2 aromatic rings. The van der Waals surface area contributed by atoms with E-state index in [1.54, 1.807) is 43.3 Å². The Bertz CT molecular complexity index is 1700. The minimum atomic E-state index is -0.441. The van der Waals surface area contributed by atoms with Crippen LogP contribution in [0.4, 0.5) is 0 Å². The summed E-state index contributed by atoms with van der Waals surface area (Å²) in [6.07, 6.45) is 8.09. The zero-order chi connectivity index (χ0) is 31.8. The molecule has 2 aliphatic rings. The quantitative estimate of drug-likeness (QED) is 0.196. The second-order valence-electron chi connectivity index (χ2n) is 10.9. The van der Waals surface area contributed by atoms with E-state index in [1.807, 2.05) is 26.0 Å². The zero-order valence-corrected chi connectivity index (χ0v) is 26.6. The molecule has 2 aliphatic carbocycles. The first-order chi connectivity index (χ1) is 21.1. The molecule has 226 valence electrons. The molecule has 7 nitrogen and oxygen atoms in total. The number of fused-ring (bicyclic) bond motifs is 2. The highest BCUT2D eigenvalue weighted by molar-refractivity contribution is 9.12. The fourth-order valence-corrected chi connectivity index (χ4v) is 5.64. The molecule has 0 radical (unpaired) electrons. The van der Waals surface area contributed by atoms with Gasteiger partial charge in [0, 0.05) is 41.3 Å². The fraction of sp³-hybridized carbons (Fsp3) is 0.278. The lowest BCUT2D eigenvalue weighted by molar-refractivity contribution is 0.0974. The lowest BCUT2D eigenvalue weighted by atomic mass is 9.89. The number of hydrogen-bond donors (Lipinski definition) is 3. The lowest BCUT2D eigenvalue weighted by Crippen LogP contribution is -2.36.